The number of hydrogen-bond donors (Lipinski definition) is 1. The van der Waals surface area contributed by atoms with Crippen LogP contribution in [0.25, 0.3) is 6.08 Å². The minimum absolute atomic E-state index is 0.140. The highest BCUT2D eigenvalue weighted by Gasteiger charge is 2.07. The largest absolute Gasteiger partial charge is 0.466 e. The van der Waals surface area contributed by atoms with E-state index in [0.29, 0.717) is 0 Å². The van der Waals surface area contributed by atoms with Crippen molar-refractivity contribution >= 4 is 18.0 Å². The summed E-state index contributed by atoms with van der Waals surface area (Å²) < 4.78 is 17.3. The van der Waals surface area contributed by atoms with Gasteiger partial charge < -0.3 is 10.5 Å². The molecule has 0 spiro atoms. The number of carbonyl (C=O) groups excluding carboxylic acids is 2. The van der Waals surface area contributed by atoms with E-state index in [9.17, 15) is 14.0 Å². The van der Waals surface area contributed by atoms with Crippen LogP contribution in [0, 0.1) is 5.82 Å². The maximum absolute atomic E-state index is 12.9. The van der Waals surface area contributed by atoms with Crippen LogP contribution in [0.3, 0.4) is 0 Å². The predicted molar refractivity (Wildman–Crippen MR) is 56.0 cm³/mol. The van der Waals surface area contributed by atoms with E-state index in [4.69, 9.17) is 5.73 Å². The quantitative estimate of drug-likeness (QED) is 0.616. The van der Waals surface area contributed by atoms with E-state index in [1.165, 1.54) is 19.3 Å². The fourth-order valence-electron chi connectivity index (χ4n) is 1.12. The van der Waals surface area contributed by atoms with Crippen LogP contribution >= 0.6 is 0 Å². The van der Waals surface area contributed by atoms with E-state index in [0.717, 1.165) is 18.2 Å². The van der Waals surface area contributed by atoms with Crippen LogP contribution in [-0.4, -0.2) is 19.0 Å². The summed E-state index contributed by atoms with van der Waals surface area (Å²) in [5.41, 5.74) is 5.47. The molecule has 84 valence electrons. The lowest BCUT2D eigenvalue weighted by molar-refractivity contribution is -0.134. The molecule has 5 heteroatoms. The molecule has 0 aliphatic heterocycles. The highest BCUT2D eigenvalue weighted by Crippen LogP contribution is 2.12. The van der Waals surface area contributed by atoms with Gasteiger partial charge in [-0.1, -0.05) is 0 Å². The molecule has 2 N–H and O–H groups in total. The van der Waals surface area contributed by atoms with Gasteiger partial charge in [-0.15, -0.1) is 0 Å². The number of carbonyl (C=O) groups is 2. The standard InChI is InChI=1S/C11H10FNO3/c1-16-10(14)5-2-7-6-8(12)3-4-9(7)11(13)15/h2-6H,1H3,(H2,13,15). The molecule has 0 aromatic heterocycles. The average molecular weight is 223 g/mol. The van der Waals surface area contributed by atoms with Gasteiger partial charge in [-0.2, -0.15) is 0 Å². The molecule has 0 unspecified atom stereocenters. The third kappa shape index (κ3) is 2.91. The lowest BCUT2D eigenvalue weighted by atomic mass is 10.1. The van der Waals surface area contributed by atoms with Gasteiger partial charge in [0.2, 0.25) is 5.91 Å². The van der Waals surface area contributed by atoms with Crippen molar-refractivity contribution in [3.63, 3.8) is 0 Å². The minimum atomic E-state index is -0.690. The summed E-state index contributed by atoms with van der Waals surface area (Å²) in [7, 11) is 1.22. The van der Waals surface area contributed by atoms with Crippen LogP contribution in [0.5, 0.6) is 0 Å². The monoisotopic (exact) mass is 223 g/mol. The van der Waals surface area contributed by atoms with E-state index < -0.39 is 17.7 Å². The number of esters is 1. The van der Waals surface area contributed by atoms with Crippen LogP contribution in [0.1, 0.15) is 15.9 Å². The minimum Gasteiger partial charge on any atom is -0.466 e. The van der Waals surface area contributed by atoms with Crippen LogP contribution in [0.2, 0.25) is 0 Å². The Bertz CT molecular complexity index is 455. The Morgan fingerprint density at radius 1 is 1.44 bits per heavy atom. The highest BCUT2D eigenvalue weighted by atomic mass is 19.1. The maximum Gasteiger partial charge on any atom is 0.330 e. The van der Waals surface area contributed by atoms with Gasteiger partial charge in [0.05, 0.1) is 7.11 Å². The first-order valence-electron chi connectivity index (χ1n) is 4.40. The zero-order chi connectivity index (χ0) is 12.1. The summed E-state index contributed by atoms with van der Waals surface area (Å²) >= 11 is 0. The van der Waals surface area contributed by atoms with Gasteiger partial charge in [0.15, 0.2) is 0 Å². The molecule has 0 saturated carbocycles. The number of rotatable bonds is 3. The van der Waals surface area contributed by atoms with Crippen LogP contribution in [0.4, 0.5) is 4.39 Å². The van der Waals surface area contributed by atoms with Crippen molar-refractivity contribution in [2.75, 3.05) is 7.11 Å². The number of halogens is 1. The van der Waals surface area contributed by atoms with Crippen molar-refractivity contribution in [2.24, 2.45) is 5.73 Å². The lowest BCUT2D eigenvalue weighted by Gasteiger charge is -2.01. The molecule has 1 aromatic carbocycles. The summed E-state index contributed by atoms with van der Waals surface area (Å²) in [4.78, 5) is 21.8. The maximum atomic E-state index is 12.9. The fraction of sp³-hybridized carbons (Fsp3) is 0.0909. The number of nitrogens with two attached hydrogens (primary N) is 1. The zero-order valence-electron chi connectivity index (χ0n) is 8.57. The third-order valence-electron chi connectivity index (χ3n) is 1.88. The predicted octanol–water partition coefficient (Wildman–Crippen LogP) is 1.11. The summed E-state index contributed by atoms with van der Waals surface area (Å²) in [5, 5.41) is 0. The summed E-state index contributed by atoms with van der Waals surface area (Å²) in [6.45, 7) is 0. The molecule has 0 atom stereocenters. The van der Waals surface area contributed by atoms with E-state index in [1.807, 2.05) is 0 Å². The molecule has 0 radical (unpaired) electrons. The summed E-state index contributed by atoms with van der Waals surface area (Å²) in [5.74, 6) is -1.81. The second-order valence-electron chi connectivity index (χ2n) is 2.95. The first-order chi connectivity index (χ1) is 7.54. The Balaban J connectivity index is 3.10. The molecule has 0 fully saturated rings. The number of hydrogen-bond acceptors (Lipinski definition) is 3. The molecule has 1 amide bonds. The number of ether oxygens (including phenoxy) is 1. The third-order valence-corrected chi connectivity index (χ3v) is 1.88. The molecule has 4 nitrogen and oxygen atoms in total. The van der Waals surface area contributed by atoms with Crippen molar-refractivity contribution in [1.82, 2.24) is 0 Å². The number of amides is 1. The summed E-state index contributed by atoms with van der Waals surface area (Å²) in [6.07, 6.45) is 2.36. The normalized spacial score (nSPS) is 10.4. The second-order valence-corrected chi connectivity index (χ2v) is 2.95. The van der Waals surface area contributed by atoms with Crippen LogP contribution < -0.4 is 5.73 Å². The molecule has 1 aromatic rings. The highest BCUT2D eigenvalue weighted by molar-refractivity contribution is 5.98. The topological polar surface area (TPSA) is 69.4 Å². The van der Waals surface area contributed by atoms with Crippen molar-refractivity contribution in [1.29, 1.82) is 0 Å². The molecule has 0 aliphatic carbocycles. The first kappa shape index (κ1) is 11.9. The SMILES string of the molecule is COC(=O)C=Cc1cc(F)ccc1C(N)=O. The lowest BCUT2D eigenvalue weighted by Crippen LogP contribution is -2.12. The van der Waals surface area contributed by atoms with Gasteiger partial charge in [0.25, 0.3) is 0 Å². The number of methoxy groups -OCH3 is 1. The van der Waals surface area contributed by atoms with Gasteiger partial charge in [-0.25, -0.2) is 9.18 Å². The number of benzene rings is 1. The average Bonchev–Trinajstić information content (AvgIpc) is 2.25. The Labute approximate surface area is 91.5 Å². The Morgan fingerprint density at radius 2 is 2.12 bits per heavy atom. The first-order valence-corrected chi connectivity index (χ1v) is 4.40. The van der Waals surface area contributed by atoms with E-state index >= 15 is 0 Å². The van der Waals surface area contributed by atoms with Gasteiger partial charge >= 0.3 is 5.97 Å². The molecule has 0 bridgehead atoms. The zero-order valence-corrected chi connectivity index (χ0v) is 8.57. The molecule has 16 heavy (non-hydrogen) atoms. The van der Waals surface area contributed by atoms with Crippen molar-refractivity contribution < 1.29 is 18.7 Å². The van der Waals surface area contributed by atoms with E-state index in [1.54, 1.807) is 0 Å². The molecule has 0 saturated heterocycles. The van der Waals surface area contributed by atoms with Gasteiger partial charge in [0.1, 0.15) is 5.82 Å². The van der Waals surface area contributed by atoms with Crippen LogP contribution in [-0.2, 0) is 9.53 Å². The Hall–Kier alpha value is -2.17. The van der Waals surface area contributed by atoms with E-state index in [-0.39, 0.29) is 11.1 Å². The van der Waals surface area contributed by atoms with Gasteiger partial charge in [-0.05, 0) is 29.8 Å². The second kappa shape index (κ2) is 5.06. The fourth-order valence-corrected chi connectivity index (χ4v) is 1.12. The van der Waals surface area contributed by atoms with Crippen LogP contribution in [0.15, 0.2) is 24.3 Å². The molecule has 0 aliphatic rings. The molecular formula is C11H10FNO3. The Kier molecular flexibility index (Phi) is 3.77. The van der Waals surface area contributed by atoms with Gasteiger partial charge in [-0.3, -0.25) is 4.79 Å². The van der Waals surface area contributed by atoms with Crippen molar-refractivity contribution in [3.05, 3.63) is 41.2 Å². The van der Waals surface area contributed by atoms with Crippen molar-refractivity contribution in [2.45, 2.75) is 0 Å². The molecular weight excluding hydrogens is 213 g/mol. The van der Waals surface area contributed by atoms with E-state index in [2.05, 4.69) is 4.74 Å². The molecule has 0 heterocycles. The molecule has 1 rings (SSSR count). The smallest absolute Gasteiger partial charge is 0.330 e. The van der Waals surface area contributed by atoms with Gasteiger partial charge in [0, 0.05) is 11.6 Å². The number of primary amides is 1. The Morgan fingerprint density at radius 3 is 2.69 bits per heavy atom. The summed E-state index contributed by atoms with van der Waals surface area (Å²) in [6, 6.07) is 3.49. The van der Waals surface area contributed by atoms with Crippen molar-refractivity contribution in [3.8, 4) is 0 Å².